The fourth-order valence-corrected chi connectivity index (χ4v) is 7.01. The van der Waals surface area contributed by atoms with Crippen LogP contribution in [0.5, 0.6) is 0 Å². The minimum absolute atomic E-state index is 0.0736. The zero-order valence-electron chi connectivity index (χ0n) is 22.5. The van der Waals surface area contributed by atoms with Gasteiger partial charge in [0.15, 0.2) is 10.8 Å². The van der Waals surface area contributed by atoms with Gasteiger partial charge < -0.3 is 25.3 Å². The number of thiazole rings is 1. The van der Waals surface area contributed by atoms with Crippen molar-refractivity contribution in [3.63, 3.8) is 0 Å². The number of amides is 3. The molecule has 41 heavy (non-hydrogen) atoms. The Labute approximate surface area is 248 Å². The first-order chi connectivity index (χ1) is 19.5. The number of thioether (sulfide) groups is 1. The van der Waals surface area contributed by atoms with E-state index in [-0.39, 0.29) is 34.7 Å². The third-order valence-corrected chi connectivity index (χ3v) is 8.91. The van der Waals surface area contributed by atoms with E-state index >= 15 is 0 Å². The first-order valence-corrected chi connectivity index (χ1v) is 15.1. The lowest BCUT2D eigenvalue weighted by Crippen LogP contribution is -2.71. The van der Waals surface area contributed by atoms with Crippen molar-refractivity contribution in [3.05, 3.63) is 52.2 Å². The Morgan fingerprint density at radius 3 is 2.71 bits per heavy atom. The Bertz CT molecular complexity index is 1480. The van der Waals surface area contributed by atoms with E-state index in [0.29, 0.717) is 22.6 Å². The Morgan fingerprint density at radius 2 is 2.02 bits per heavy atom. The number of anilines is 2. The van der Waals surface area contributed by atoms with Crippen molar-refractivity contribution < 1.29 is 28.8 Å². The minimum atomic E-state index is -0.941. The van der Waals surface area contributed by atoms with Gasteiger partial charge in [-0.15, -0.1) is 23.1 Å². The number of nitrogens with one attached hydrogen (secondary N) is 2. The molecule has 0 radical (unpaired) electrons. The number of aromatic nitrogens is 1. The topological polar surface area (TPSA) is 169 Å². The monoisotopic (exact) mass is 617 g/mol. The zero-order valence-corrected chi connectivity index (χ0v) is 24.9. The summed E-state index contributed by atoms with van der Waals surface area (Å²) < 4.78 is 10.3. The zero-order chi connectivity index (χ0) is 29.5. The number of esters is 1. The average Bonchev–Trinajstić information content (AvgIpc) is 3.36. The number of benzene rings is 1. The number of hydrogen-bond acceptors (Lipinski definition) is 13. The van der Waals surface area contributed by atoms with Crippen LogP contribution in [0.25, 0.3) is 0 Å². The van der Waals surface area contributed by atoms with Crippen molar-refractivity contribution in [2.75, 3.05) is 29.9 Å². The van der Waals surface area contributed by atoms with Gasteiger partial charge >= 0.3 is 5.97 Å². The molecule has 3 aliphatic rings. The van der Waals surface area contributed by atoms with Gasteiger partial charge in [0.2, 0.25) is 0 Å². The third-order valence-electron chi connectivity index (χ3n) is 6.07. The number of hydrogen-bond donors (Lipinski definition) is 3. The molecule has 13 nitrogen and oxygen atoms in total. The number of carbonyl (C=O) groups is 4. The van der Waals surface area contributed by atoms with Gasteiger partial charge in [-0.3, -0.25) is 23.6 Å². The number of nitrogens with zero attached hydrogens (tertiary/aromatic N) is 4. The van der Waals surface area contributed by atoms with Crippen LogP contribution in [0.4, 0.5) is 10.8 Å². The molecule has 4 heterocycles. The number of ether oxygens (including phenoxy) is 1. The molecule has 216 valence electrons. The van der Waals surface area contributed by atoms with Crippen LogP contribution in [-0.4, -0.2) is 80.0 Å². The summed E-state index contributed by atoms with van der Waals surface area (Å²) in [5, 5.41) is 7.67. The second-order valence-corrected chi connectivity index (χ2v) is 12.9. The molecule has 5 rings (SSSR count). The van der Waals surface area contributed by atoms with E-state index < -0.39 is 34.8 Å². The maximum absolute atomic E-state index is 13.5. The Kier molecular flexibility index (Phi) is 7.89. The largest absolute Gasteiger partial charge is 0.455 e. The van der Waals surface area contributed by atoms with E-state index in [1.54, 1.807) is 38.3 Å². The average molecular weight is 618 g/mol. The molecule has 16 heteroatoms. The van der Waals surface area contributed by atoms with Crippen LogP contribution < -0.4 is 15.8 Å². The van der Waals surface area contributed by atoms with Crippen molar-refractivity contribution in [3.8, 4) is 0 Å². The van der Waals surface area contributed by atoms with Gasteiger partial charge in [0, 0.05) is 11.1 Å². The van der Waals surface area contributed by atoms with Crippen molar-refractivity contribution in [2.45, 2.75) is 37.8 Å². The first kappa shape index (κ1) is 28.8. The molecule has 0 saturated carbocycles. The van der Waals surface area contributed by atoms with E-state index in [1.807, 2.05) is 12.1 Å². The molecule has 1 fully saturated rings. The predicted molar refractivity (Wildman–Crippen MR) is 157 cm³/mol. The molecule has 0 bridgehead atoms. The highest BCUT2D eigenvalue weighted by Crippen LogP contribution is 2.42. The van der Waals surface area contributed by atoms with Crippen LogP contribution in [0, 0.1) is 0 Å². The molecule has 1 aromatic heterocycles. The summed E-state index contributed by atoms with van der Waals surface area (Å²) >= 11 is 3.61. The maximum atomic E-state index is 13.5. The fourth-order valence-electron chi connectivity index (χ4n) is 4.34. The van der Waals surface area contributed by atoms with Crippen LogP contribution in [-0.2, 0) is 24.0 Å². The van der Waals surface area contributed by atoms with Crippen LogP contribution in [0.2, 0.25) is 0 Å². The number of para-hydroxylation sites is 1. The van der Waals surface area contributed by atoms with Gasteiger partial charge in [-0.05, 0) is 38.5 Å². The number of rotatable bonds is 7. The highest BCUT2D eigenvalue weighted by atomic mass is 32.2. The molecule has 1 saturated heterocycles. The Morgan fingerprint density at radius 1 is 1.27 bits per heavy atom. The number of oxime groups is 1. The first-order valence-electron chi connectivity index (χ1n) is 12.4. The molecule has 1 aromatic carbocycles. The summed E-state index contributed by atoms with van der Waals surface area (Å²) in [5.41, 5.74) is 6.78. The van der Waals surface area contributed by atoms with Crippen LogP contribution >= 0.6 is 35.2 Å². The molecule has 2 aromatic rings. The van der Waals surface area contributed by atoms with E-state index in [4.69, 9.17) is 15.3 Å². The molecular weight excluding hydrogens is 591 g/mol. The lowest BCUT2D eigenvalue weighted by Gasteiger charge is -2.50. The summed E-state index contributed by atoms with van der Waals surface area (Å²) in [5.74, 6) is -1.75. The van der Waals surface area contributed by atoms with Crippen molar-refractivity contribution in [1.82, 2.24) is 19.5 Å². The van der Waals surface area contributed by atoms with E-state index in [1.165, 1.54) is 28.1 Å². The summed E-state index contributed by atoms with van der Waals surface area (Å²) in [4.78, 5) is 63.4. The van der Waals surface area contributed by atoms with E-state index in [0.717, 1.165) is 23.5 Å². The SMILES string of the molecule is CO/N=C(\C(=O)N[C@@H]1C(=O)N2C(C(=O)OC(C)(C)C)=C(CN3SNc4ccccc4C3=O)CS[C@H]12)c1csc(N)n1. The van der Waals surface area contributed by atoms with Gasteiger partial charge in [-0.25, -0.2) is 9.78 Å². The summed E-state index contributed by atoms with van der Waals surface area (Å²) in [6, 6.07) is 6.20. The number of fused-ring (bicyclic) bond motifs is 2. The molecule has 0 spiro atoms. The van der Waals surface area contributed by atoms with Crippen LogP contribution in [0.3, 0.4) is 0 Å². The quantitative estimate of drug-likeness (QED) is 0.137. The third kappa shape index (κ3) is 5.71. The molecule has 4 N–H and O–H groups in total. The number of nitrogens with two attached hydrogens (primary N) is 1. The molecule has 2 atom stereocenters. The number of nitrogen functional groups attached to an aromatic ring is 1. The smallest absolute Gasteiger partial charge is 0.355 e. The normalized spacial score (nSPS) is 20.5. The van der Waals surface area contributed by atoms with Gasteiger partial charge in [0.25, 0.3) is 17.7 Å². The van der Waals surface area contributed by atoms with Gasteiger partial charge in [0.05, 0.1) is 29.9 Å². The van der Waals surface area contributed by atoms with Gasteiger partial charge in [0.1, 0.15) is 35.5 Å². The minimum Gasteiger partial charge on any atom is -0.455 e. The van der Waals surface area contributed by atoms with Crippen LogP contribution in [0.1, 0.15) is 36.8 Å². The predicted octanol–water partition coefficient (Wildman–Crippen LogP) is 2.20. The van der Waals surface area contributed by atoms with E-state index in [9.17, 15) is 19.2 Å². The molecular formula is C25H27N7O6S3. The molecule has 3 amide bonds. The maximum Gasteiger partial charge on any atom is 0.355 e. The lowest BCUT2D eigenvalue weighted by atomic mass is 10.0. The second-order valence-electron chi connectivity index (χ2n) is 10.1. The van der Waals surface area contributed by atoms with Crippen molar-refractivity contribution in [2.24, 2.45) is 5.16 Å². The highest BCUT2D eigenvalue weighted by Gasteiger charge is 2.55. The summed E-state index contributed by atoms with van der Waals surface area (Å²) in [7, 11) is 1.29. The van der Waals surface area contributed by atoms with E-state index in [2.05, 4.69) is 20.2 Å². The highest BCUT2D eigenvalue weighted by molar-refractivity contribution is 8.00. The Hall–Kier alpha value is -3.76. The summed E-state index contributed by atoms with van der Waals surface area (Å²) in [6.07, 6.45) is 0. The lowest BCUT2D eigenvalue weighted by molar-refractivity contribution is -0.158. The van der Waals surface area contributed by atoms with Gasteiger partial charge in [-0.2, -0.15) is 0 Å². The molecule has 3 aliphatic heterocycles. The summed E-state index contributed by atoms with van der Waals surface area (Å²) in [6.45, 7) is 5.27. The van der Waals surface area contributed by atoms with Crippen molar-refractivity contribution in [1.29, 1.82) is 0 Å². The molecule has 0 aliphatic carbocycles. The Balaban J connectivity index is 1.39. The van der Waals surface area contributed by atoms with Crippen LogP contribution in [0.15, 0.2) is 46.1 Å². The van der Waals surface area contributed by atoms with Gasteiger partial charge in [-0.1, -0.05) is 17.3 Å². The fraction of sp³-hybridized carbons (Fsp3) is 0.360. The number of β-lactam (4-membered cyclic amide) rings is 1. The number of carbonyl (C=O) groups excluding carboxylic acids is 4. The second kappa shape index (κ2) is 11.3. The molecule has 0 unspecified atom stereocenters. The standard InChI is InChI=1S/C25H27N7O6S3/c1-25(2,3)38-23(36)18-12(9-31-20(34)13-7-5-6-8-14(13)30-41-31)10-39-22-17(21(35)32(18)22)28-19(33)16(29-37-4)15-11-40-24(26)27-15/h5-8,11,17,22,30H,9-10H2,1-4H3,(H2,26,27)(H,28,33)/b29-16-/t17-,22-/m1/s1. The van der Waals surface area contributed by atoms with Crippen molar-refractivity contribution >= 4 is 75.5 Å².